The number of hydrazine groups is 1. The van der Waals surface area contributed by atoms with Crippen LogP contribution in [0.15, 0.2) is 47.3 Å². The number of ether oxygens (including phenoxy) is 2. The molecule has 2 aromatic carbocycles. The maximum absolute atomic E-state index is 12.4. The third kappa shape index (κ3) is 4.34. The van der Waals surface area contributed by atoms with Crippen molar-refractivity contribution >= 4 is 22.6 Å². The van der Waals surface area contributed by atoms with Crippen LogP contribution in [0.25, 0.3) is 10.8 Å². The van der Waals surface area contributed by atoms with Crippen molar-refractivity contribution in [3.63, 3.8) is 0 Å². The quantitative estimate of drug-likeness (QED) is 0.541. The number of para-hydroxylation sites is 1. The third-order valence-corrected chi connectivity index (χ3v) is 4.33. The number of benzene rings is 2. The highest BCUT2D eigenvalue weighted by molar-refractivity contribution is 6.05. The molecular weight excluding hydrogens is 376 g/mol. The van der Waals surface area contributed by atoms with Crippen LogP contribution < -0.4 is 25.9 Å². The fourth-order valence-electron chi connectivity index (χ4n) is 2.93. The van der Waals surface area contributed by atoms with E-state index in [1.807, 2.05) is 12.1 Å². The van der Waals surface area contributed by atoms with Gasteiger partial charge in [0.05, 0.1) is 19.6 Å². The predicted octanol–water partition coefficient (Wildman–Crippen LogP) is 1.33. The van der Waals surface area contributed by atoms with Crippen molar-refractivity contribution in [3.8, 4) is 11.5 Å². The summed E-state index contributed by atoms with van der Waals surface area (Å²) < 4.78 is 10.6. The summed E-state index contributed by atoms with van der Waals surface area (Å²) in [7, 11) is 3.07. The topological polar surface area (TPSA) is 122 Å². The van der Waals surface area contributed by atoms with E-state index in [2.05, 4.69) is 21.0 Å². The summed E-state index contributed by atoms with van der Waals surface area (Å²) in [6, 6.07) is 12.0. The Morgan fingerprint density at radius 1 is 1.00 bits per heavy atom. The molecule has 3 rings (SSSR count). The Morgan fingerprint density at radius 3 is 2.48 bits per heavy atom. The number of hydrogen-bond acceptors (Lipinski definition) is 6. The van der Waals surface area contributed by atoms with E-state index >= 15 is 0 Å². The standard InChI is InChI=1S/C20H20N4O5/c1-28-15-9-5-6-12(18(15)29-2)10-11-16(25)21-24-20(27)17-13-7-3-4-8-14(13)19(26)23-22-17/h3-9H,10-11H2,1-2H3,(H,21,25)(H,23,26)(H,24,27). The van der Waals surface area contributed by atoms with E-state index < -0.39 is 17.4 Å². The molecule has 1 aromatic heterocycles. The van der Waals surface area contributed by atoms with E-state index in [1.54, 1.807) is 37.4 Å². The van der Waals surface area contributed by atoms with Gasteiger partial charge in [-0.25, -0.2) is 5.10 Å². The number of nitrogens with zero attached hydrogens (tertiary/aromatic N) is 1. The summed E-state index contributed by atoms with van der Waals surface area (Å²) in [6.07, 6.45) is 0.505. The number of amides is 2. The van der Waals surface area contributed by atoms with Crippen LogP contribution in [0.3, 0.4) is 0 Å². The molecule has 1 heterocycles. The van der Waals surface area contributed by atoms with Gasteiger partial charge < -0.3 is 9.47 Å². The first-order valence-corrected chi connectivity index (χ1v) is 8.81. The maximum atomic E-state index is 12.4. The van der Waals surface area contributed by atoms with E-state index in [1.165, 1.54) is 7.11 Å². The van der Waals surface area contributed by atoms with Crippen LogP contribution in [0.5, 0.6) is 11.5 Å². The summed E-state index contributed by atoms with van der Waals surface area (Å²) >= 11 is 0. The van der Waals surface area contributed by atoms with Crippen molar-refractivity contribution in [1.82, 2.24) is 21.0 Å². The molecule has 3 aromatic rings. The summed E-state index contributed by atoms with van der Waals surface area (Å²) in [5, 5.41) is 6.79. The van der Waals surface area contributed by atoms with Crippen molar-refractivity contribution in [2.24, 2.45) is 0 Å². The average molecular weight is 396 g/mol. The fraction of sp³-hybridized carbons (Fsp3) is 0.200. The minimum Gasteiger partial charge on any atom is -0.493 e. The minimum absolute atomic E-state index is 0.00923. The van der Waals surface area contributed by atoms with E-state index in [0.29, 0.717) is 28.7 Å². The second-order valence-corrected chi connectivity index (χ2v) is 6.10. The molecule has 9 nitrogen and oxygen atoms in total. The normalized spacial score (nSPS) is 10.4. The molecule has 0 fully saturated rings. The zero-order chi connectivity index (χ0) is 20.8. The Hall–Kier alpha value is -3.88. The van der Waals surface area contributed by atoms with Crippen LogP contribution in [0, 0.1) is 0 Å². The number of fused-ring (bicyclic) bond motifs is 1. The molecule has 9 heteroatoms. The van der Waals surface area contributed by atoms with Gasteiger partial charge >= 0.3 is 0 Å². The first-order valence-electron chi connectivity index (χ1n) is 8.81. The number of aromatic nitrogens is 2. The van der Waals surface area contributed by atoms with Crippen molar-refractivity contribution in [1.29, 1.82) is 0 Å². The summed E-state index contributed by atoms with van der Waals surface area (Å²) in [4.78, 5) is 36.3. The molecule has 0 aliphatic carbocycles. The number of methoxy groups -OCH3 is 2. The number of hydrogen-bond donors (Lipinski definition) is 3. The molecule has 0 atom stereocenters. The number of aryl methyl sites for hydroxylation is 1. The average Bonchev–Trinajstić information content (AvgIpc) is 2.76. The van der Waals surface area contributed by atoms with Crippen LogP contribution >= 0.6 is 0 Å². The molecule has 0 saturated carbocycles. The van der Waals surface area contributed by atoms with Crippen molar-refractivity contribution in [3.05, 3.63) is 64.1 Å². The Kier molecular flexibility index (Phi) is 6.08. The molecule has 3 N–H and O–H groups in total. The van der Waals surface area contributed by atoms with Crippen molar-refractivity contribution in [2.45, 2.75) is 12.8 Å². The Labute approximate surface area is 166 Å². The lowest BCUT2D eigenvalue weighted by Gasteiger charge is -2.12. The van der Waals surface area contributed by atoms with Crippen molar-refractivity contribution < 1.29 is 19.1 Å². The van der Waals surface area contributed by atoms with Gasteiger partial charge in [0.1, 0.15) is 0 Å². The molecule has 29 heavy (non-hydrogen) atoms. The molecule has 0 spiro atoms. The zero-order valence-electron chi connectivity index (χ0n) is 15.9. The number of H-pyrrole nitrogens is 1. The Bertz CT molecular complexity index is 1110. The molecule has 0 unspecified atom stereocenters. The predicted molar refractivity (Wildman–Crippen MR) is 106 cm³/mol. The highest BCUT2D eigenvalue weighted by Gasteiger charge is 2.15. The maximum Gasteiger partial charge on any atom is 0.290 e. The van der Waals surface area contributed by atoms with Gasteiger partial charge in [-0.3, -0.25) is 25.2 Å². The molecule has 0 aliphatic heterocycles. The van der Waals surface area contributed by atoms with Gasteiger partial charge in [0.2, 0.25) is 5.91 Å². The van der Waals surface area contributed by atoms with Gasteiger partial charge in [-0.2, -0.15) is 5.10 Å². The lowest BCUT2D eigenvalue weighted by Crippen LogP contribution is -2.42. The zero-order valence-corrected chi connectivity index (χ0v) is 15.9. The second kappa shape index (κ2) is 8.87. The van der Waals surface area contributed by atoms with Gasteiger partial charge in [0, 0.05) is 11.8 Å². The van der Waals surface area contributed by atoms with Crippen LogP contribution in [0.1, 0.15) is 22.5 Å². The Balaban J connectivity index is 1.63. The van der Waals surface area contributed by atoms with Gasteiger partial charge in [-0.15, -0.1) is 0 Å². The Morgan fingerprint density at radius 2 is 1.76 bits per heavy atom. The van der Waals surface area contributed by atoms with E-state index in [9.17, 15) is 14.4 Å². The largest absolute Gasteiger partial charge is 0.493 e. The first-order chi connectivity index (χ1) is 14.0. The molecular formula is C20H20N4O5. The minimum atomic E-state index is -0.634. The molecule has 0 radical (unpaired) electrons. The number of carbonyl (C=O) groups excluding carboxylic acids is 2. The fourth-order valence-corrected chi connectivity index (χ4v) is 2.93. The molecule has 0 aliphatic rings. The highest BCUT2D eigenvalue weighted by atomic mass is 16.5. The summed E-state index contributed by atoms with van der Waals surface area (Å²) in [6.45, 7) is 0. The van der Waals surface area contributed by atoms with Crippen LogP contribution in [-0.2, 0) is 11.2 Å². The van der Waals surface area contributed by atoms with Crippen LogP contribution in [0.4, 0.5) is 0 Å². The monoisotopic (exact) mass is 396 g/mol. The van der Waals surface area contributed by atoms with Gasteiger partial charge in [-0.1, -0.05) is 30.3 Å². The second-order valence-electron chi connectivity index (χ2n) is 6.10. The van der Waals surface area contributed by atoms with Gasteiger partial charge in [0.15, 0.2) is 17.2 Å². The summed E-state index contributed by atoms with van der Waals surface area (Å²) in [5.41, 5.74) is 5.09. The lowest BCUT2D eigenvalue weighted by molar-refractivity contribution is -0.121. The van der Waals surface area contributed by atoms with Gasteiger partial charge in [-0.05, 0) is 24.1 Å². The van der Waals surface area contributed by atoms with E-state index in [-0.39, 0.29) is 12.1 Å². The molecule has 0 bridgehead atoms. The summed E-state index contributed by atoms with van der Waals surface area (Å²) in [5.74, 6) is 0.118. The molecule has 0 saturated heterocycles. The number of carbonyl (C=O) groups is 2. The third-order valence-electron chi connectivity index (χ3n) is 4.33. The van der Waals surface area contributed by atoms with Gasteiger partial charge in [0.25, 0.3) is 11.5 Å². The number of aromatic amines is 1. The smallest absolute Gasteiger partial charge is 0.290 e. The SMILES string of the molecule is COc1cccc(CCC(=O)NNC(=O)c2n[nH]c(=O)c3ccccc23)c1OC. The molecule has 2 amide bonds. The van der Waals surface area contributed by atoms with E-state index in [4.69, 9.17) is 9.47 Å². The number of nitrogens with one attached hydrogen (secondary N) is 3. The van der Waals surface area contributed by atoms with Crippen LogP contribution in [0.2, 0.25) is 0 Å². The lowest BCUT2D eigenvalue weighted by atomic mass is 10.1. The van der Waals surface area contributed by atoms with Crippen molar-refractivity contribution in [2.75, 3.05) is 14.2 Å². The molecule has 150 valence electrons. The number of rotatable bonds is 6. The van der Waals surface area contributed by atoms with Crippen LogP contribution in [-0.4, -0.2) is 36.2 Å². The first kappa shape index (κ1) is 19.9. The highest BCUT2D eigenvalue weighted by Crippen LogP contribution is 2.31. The van der Waals surface area contributed by atoms with E-state index in [0.717, 1.165) is 5.56 Å².